The lowest BCUT2D eigenvalue weighted by atomic mass is 10.1. The summed E-state index contributed by atoms with van der Waals surface area (Å²) in [7, 11) is 0. The number of ether oxygens (including phenoxy) is 2. The molecule has 0 saturated carbocycles. The van der Waals surface area contributed by atoms with Gasteiger partial charge in [-0.2, -0.15) is 0 Å². The molecule has 0 N–H and O–H groups in total. The van der Waals surface area contributed by atoms with E-state index < -0.39 is 0 Å². The van der Waals surface area contributed by atoms with Gasteiger partial charge in [0, 0.05) is 24.3 Å². The van der Waals surface area contributed by atoms with Gasteiger partial charge in [0.1, 0.15) is 0 Å². The maximum absolute atomic E-state index is 11.7. The van der Waals surface area contributed by atoms with E-state index >= 15 is 0 Å². The fourth-order valence-electron chi connectivity index (χ4n) is 2.54. The Kier molecular flexibility index (Phi) is 12.6. The Morgan fingerprint density at radius 3 is 1.85 bits per heavy atom. The molecule has 0 aliphatic carbocycles. The number of hydrogen-bond acceptors (Lipinski definition) is 4. The summed E-state index contributed by atoms with van der Waals surface area (Å²) in [5.41, 5.74) is 1.11. The predicted octanol–water partition coefficient (Wildman–Crippen LogP) is 5.50. The molecule has 1 rings (SSSR count). The molecule has 5 heteroatoms. The second kappa shape index (κ2) is 14.6. The molecule has 0 saturated heterocycles. The SMILES string of the molecule is CCCOC(=O)CCCCCCCCC(=O)OCCc1ccc(Cl)cc1. The zero-order valence-electron chi connectivity index (χ0n) is 15.8. The fraction of sp³-hybridized carbons (Fsp3) is 0.619. The van der Waals surface area contributed by atoms with Gasteiger partial charge in [-0.25, -0.2) is 0 Å². The first kappa shape index (κ1) is 22.5. The normalized spacial score (nSPS) is 10.5. The van der Waals surface area contributed by atoms with E-state index in [9.17, 15) is 9.59 Å². The zero-order valence-corrected chi connectivity index (χ0v) is 16.6. The van der Waals surface area contributed by atoms with Gasteiger partial charge >= 0.3 is 11.9 Å². The molecule has 0 atom stereocenters. The van der Waals surface area contributed by atoms with E-state index in [1.54, 1.807) is 0 Å². The van der Waals surface area contributed by atoms with Crippen LogP contribution in [0, 0.1) is 0 Å². The Morgan fingerprint density at radius 1 is 0.808 bits per heavy atom. The summed E-state index contributed by atoms with van der Waals surface area (Å²) in [6, 6.07) is 7.57. The third-order valence-corrected chi connectivity index (χ3v) is 4.30. The van der Waals surface area contributed by atoms with Crippen molar-refractivity contribution >= 4 is 23.5 Å². The average Bonchev–Trinajstić information content (AvgIpc) is 2.63. The molecule has 146 valence electrons. The first-order valence-electron chi connectivity index (χ1n) is 9.67. The van der Waals surface area contributed by atoms with Crippen LogP contribution in [0.3, 0.4) is 0 Å². The van der Waals surface area contributed by atoms with Crippen molar-refractivity contribution in [3.05, 3.63) is 34.9 Å². The first-order valence-corrected chi connectivity index (χ1v) is 10.0. The maximum Gasteiger partial charge on any atom is 0.305 e. The van der Waals surface area contributed by atoms with Crippen molar-refractivity contribution in [3.8, 4) is 0 Å². The van der Waals surface area contributed by atoms with Crippen LogP contribution in [-0.4, -0.2) is 25.2 Å². The molecule has 0 bridgehead atoms. The molecule has 1 aromatic rings. The van der Waals surface area contributed by atoms with E-state index in [4.69, 9.17) is 21.1 Å². The minimum absolute atomic E-state index is 0.0896. The largest absolute Gasteiger partial charge is 0.466 e. The Labute approximate surface area is 162 Å². The van der Waals surface area contributed by atoms with E-state index in [1.165, 1.54) is 0 Å². The van der Waals surface area contributed by atoms with Gasteiger partial charge in [0.15, 0.2) is 0 Å². The molecule has 26 heavy (non-hydrogen) atoms. The molecule has 0 aliphatic heterocycles. The number of carbonyl (C=O) groups excluding carboxylic acids is 2. The van der Waals surface area contributed by atoms with Crippen molar-refractivity contribution in [2.24, 2.45) is 0 Å². The summed E-state index contributed by atoms with van der Waals surface area (Å²) in [6.07, 6.45) is 8.55. The molecule has 0 aromatic heterocycles. The lowest BCUT2D eigenvalue weighted by Gasteiger charge is -2.06. The van der Waals surface area contributed by atoms with Crippen LogP contribution in [-0.2, 0) is 25.5 Å². The zero-order chi connectivity index (χ0) is 19.0. The van der Waals surface area contributed by atoms with Crippen molar-refractivity contribution in [3.63, 3.8) is 0 Å². The van der Waals surface area contributed by atoms with Crippen LogP contribution in [0.4, 0.5) is 0 Å². The molecule has 0 radical (unpaired) electrons. The molecular formula is C21H31ClO4. The van der Waals surface area contributed by atoms with Crippen LogP contribution in [0.5, 0.6) is 0 Å². The third-order valence-electron chi connectivity index (χ3n) is 4.05. The smallest absolute Gasteiger partial charge is 0.305 e. The number of esters is 2. The van der Waals surface area contributed by atoms with Crippen molar-refractivity contribution < 1.29 is 19.1 Å². The summed E-state index contributed by atoms with van der Waals surface area (Å²) in [4.78, 5) is 23.0. The highest BCUT2D eigenvalue weighted by Crippen LogP contribution is 2.11. The van der Waals surface area contributed by atoms with Gasteiger partial charge in [-0.1, -0.05) is 56.3 Å². The lowest BCUT2D eigenvalue weighted by molar-refractivity contribution is -0.144. The van der Waals surface area contributed by atoms with Crippen LogP contribution < -0.4 is 0 Å². The summed E-state index contributed by atoms with van der Waals surface area (Å²) in [6.45, 7) is 2.92. The second-order valence-corrected chi connectivity index (χ2v) is 6.88. The quantitative estimate of drug-likeness (QED) is 0.315. The lowest BCUT2D eigenvalue weighted by Crippen LogP contribution is -2.07. The van der Waals surface area contributed by atoms with Gasteiger partial charge in [-0.05, 0) is 37.0 Å². The third kappa shape index (κ3) is 11.9. The predicted molar refractivity (Wildman–Crippen MR) is 104 cm³/mol. The van der Waals surface area contributed by atoms with Crippen molar-refractivity contribution in [2.45, 2.75) is 71.1 Å². The first-order chi connectivity index (χ1) is 12.6. The Balaban J connectivity index is 1.90. The Morgan fingerprint density at radius 2 is 1.31 bits per heavy atom. The maximum atomic E-state index is 11.7. The van der Waals surface area contributed by atoms with E-state index in [0.29, 0.717) is 37.5 Å². The number of unbranched alkanes of at least 4 members (excludes halogenated alkanes) is 5. The van der Waals surface area contributed by atoms with Crippen LogP contribution in [0.15, 0.2) is 24.3 Å². The summed E-state index contributed by atoms with van der Waals surface area (Å²) in [5.74, 6) is -0.217. The van der Waals surface area contributed by atoms with Crippen molar-refractivity contribution in [1.29, 1.82) is 0 Å². The Bertz CT molecular complexity index is 513. The van der Waals surface area contributed by atoms with Crippen LogP contribution in [0.25, 0.3) is 0 Å². The van der Waals surface area contributed by atoms with E-state index in [2.05, 4.69) is 0 Å². The van der Waals surface area contributed by atoms with Gasteiger partial charge in [0.25, 0.3) is 0 Å². The minimum atomic E-state index is -0.127. The highest BCUT2D eigenvalue weighted by atomic mass is 35.5. The molecule has 0 unspecified atom stereocenters. The number of benzene rings is 1. The molecular weight excluding hydrogens is 352 g/mol. The minimum Gasteiger partial charge on any atom is -0.466 e. The number of carbonyl (C=O) groups is 2. The summed E-state index contributed by atoms with van der Waals surface area (Å²) < 4.78 is 10.3. The van der Waals surface area contributed by atoms with E-state index in [1.807, 2.05) is 31.2 Å². The topological polar surface area (TPSA) is 52.6 Å². The summed E-state index contributed by atoms with van der Waals surface area (Å²) >= 11 is 5.83. The van der Waals surface area contributed by atoms with E-state index in [-0.39, 0.29) is 11.9 Å². The van der Waals surface area contributed by atoms with Crippen LogP contribution >= 0.6 is 11.6 Å². The molecule has 0 heterocycles. The monoisotopic (exact) mass is 382 g/mol. The van der Waals surface area contributed by atoms with Gasteiger partial charge in [-0.15, -0.1) is 0 Å². The van der Waals surface area contributed by atoms with Gasteiger partial charge < -0.3 is 9.47 Å². The van der Waals surface area contributed by atoms with Crippen LogP contribution in [0.1, 0.15) is 70.3 Å². The van der Waals surface area contributed by atoms with E-state index in [0.717, 1.165) is 50.5 Å². The molecule has 1 aromatic carbocycles. The van der Waals surface area contributed by atoms with Crippen molar-refractivity contribution in [1.82, 2.24) is 0 Å². The fourth-order valence-corrected chi connectivity index (χ4v) is 2.67. The highest BCUT2D eigenvalue weighted by molar-refractivity contribution is 6.30. The second-order valence-electron chi connectivity index (χ2n) is 6.44. The molecule has 0 spiro atoms. The van der Waals surface area contributed by atoms with Crippen molar-refractivity contribution in [2.75, 3.05) is 13.2 Å². The molecule has 0 amide bonds. The molecule has 0 fully saturated rings. The number of rotatable bonds is 14. The number of hydrogen-bond donors (Lipinski definition) is 0. The number of halogens is 1. The molecule has 4 nitrogen and oxygen atoms in total. The standard InChI is InChI=1S/C21H31ClO4/c1-2-16-25-20(23)9-7-5-3-4-6-8-10-21(24)26-17-15-18-11-13-19(22)14-12-18/h11-14H,2-10,15-17H2,1H3. The van der Waals surface area contributed by atoms with Gasteiger partial charge in [0.2, 0.25) is 0 Å². The van der Waals surface area contributed by atoms with Crippen LogP contribution in [0.2, 0.25) is 5.02 Å². The Hall–Kier alpha value is -1.55. The summed E-state index contributed by atoms with van der Waals surface area (Å²) in [5, 5.41) is 0.710. The average molecular weight is 383 g/mol. The van der Waals surface area contributed by atoms with Gasteiger partial charge in [0.05, 0.1) is 13.2 Å². The molecule has 0 aliphatic rings. The highest BCUT2D eigenvalue weighted by Gasteiger charge is 2.04. The van der Waals surface area contributed by atoms with Gasteiger partial charge in [-0.3, -0.25) is 9.59 Å².